The van der Waals surface area contributed by atoms with Gasteiger partial charge in [-0.2, -0.15) is 0 Å². The third-order valence-electron chi connectivity index (χ3n) is 2.93. The molecule has 5 nitrogen and oxygen atoms in total. The summed E-state index contributed by atoms with van der Waals surface area (Å²) in [4.78, 5) is 26.4. The standard InChI is InChI=1S/C15H19N3O2/c1-9(2)6-14(19)17-18-15(20)13-8-11-7-10(3)4-5-12(11)16-13/h4-5,7-9,16H,6H2,1-3H3,(H,17,19)(H,18,20). The van der Waals surface area contributed by atoms with Gasteiger partial charge in [-0.25, -0.2) is 0 Å². The Morgan fingerprint density at radius 3 is 2.65 bits per heavy atom. The number of aryl methyl sites for hydroxylation is 1. The first-order valence-corrected chi connectivity index (χ1v) is 6.64. The topological polar surface area (TPSA) is 74.0 Å². The second-order valence-corrected chi connectivity index (χ2v) is 5.37. The first kappa shape index (κ1) is 14.1. The van der Waals surface area contributed by atoms with Crippen molar-refractivity contribution in [2.45, 2.75) is 27.2 Å². The number of hydrogen-bond donors (Lipinski definition) is 3. The van der Waals surface area contributed by atoms with Crippen LogP contribution in [0.25, 0.3) is 10.9 Å². The molecule has 0 aliphatic carbocycles. The lowest BCUT2D eigenvalue weighted by Crippen LogP contribution is -2.42. The lowest BCUT2D eigenvalue weighted by molar-refractivity contribution is -0.122. The highest BCUT2D eigenvalue weighted by atomic mass is 16.2. The SMILES string of the molecule is Cc1ccc2[nH]c(C(=O)NNC(=O)CC(C)C)cc2c1. The van der Waals surface area contributed by atoms with Crippen LogP contribution in [-0.4, -0.2) is 16.8 Å². The van der Waals surface area contributed by atoms with Gasteiger partial charge in [-0.15, -0.1) is 0 Å². The summed E-state index contributed by atoms with van der Waals surface area (Å²) in [6.07, 6.45) is 0.381. The highest BCUT2D eigenvalue weighted by Gasteiger charge is 2.11. The van der Waals surface area contributed by atoms with Gasteiger partial charge in [0.15, 0.2) is 0 Å². The van der Waals surface area contributed by atoms with Crippen LogP contribution in [0.5, 0.6) is 0 Å². The van der Waals surface area contributed by atoms with Crippen LogP contribution in [0.2, 0.25) is 0 Å². The third-order valence-corrected chi connectivity index (χ3v) is 2.93. The average Bonchev–Trinajstić information content (AvgIpc) is 2.78. The molecule has 1 aromatic heterocycles. The zero-order valence-corrected chi connectivity index (χ0v) is 11.9. The molecule has 2 amide bonds. The Bertz CT molecular complexity index is 644. The van der Waals surface area contributed by atoms with Crippen LogP contribution in [-0.2, 0) is 4.79 Å². The molecular weight excluding hydrogens is 254 g/mol. The zero-order valence-electron chi connectivity index (χ0n) is 11.9. The van der Waals surface area contributed by atoms with E-state index >= 15 is 0 Å². The van der Waals surface area contributed by atoms with Crippen molar-refractivity contribution < 1.29 is 9.59 Å². The fourth-order valence-corrected chi connectivity index (χ4v) is 1.99. The molecule has 106 valence electrons. The van der Waals surface area contributed by atoms with Crippen LogP contribution in [0.3, 0.4) is 0 Å². The smallest absolute Gasteiger partial charge is 0.286 e. The van der Waals surface area contributed by atoms with Gasteiger partial charge in [-0.1, -0.05) is 25.5 Å². The third kappa shape index (κ3) is 3.38. The Labute approximate surface area is 117 Å². The Morgan fingerprint density at radius 1 is 1.20 bits per heavy atom. The number of fused-ring (bicyclic) bond motifs is 1. The maximum atomic E-state index is 11.9. The van der Waals surface area contributed by atoms with Gasteiger partial charge in [0.25, 0.3) is 5.91 Å². The normalized spacial score (nSPS) is 10.8. The minimum absolute atomic E-state index is 0.194. The number of benzene rings is 1. The van der Waals surface area contributed by atoms with Crippen molar-refractivity contribution in [3.8, 4) is 0 Å². The van der Waals surface area contributed by atoms with Crippen molar-refractivity contribution in [2.24, 2.45) is 5.92 Å². The molecule has 0 spiro atoms. The van der Waals surface area contributed by atoms with Crippen molar-refractivity contribution in [1.82, 2.24) is 15.8 Å². The van der Waals surface area contributed by atoms with E-state index in [4.69, 9.17) is 0 Å². The van der Waals surface area contributed by atoms with Gasteiger partial charge in [0, 0.05) is 17.3 Å². The van der Waals surface area contributed by atoms with Gasteiger partial charge in [-0.05, 0) is 31.0 Å². The molecule has 0 saturated heterocycles. The summed E-state index contributed by atoms with van der Waals surface area (Å²) in [7, 11) is 0. The lowest BCUT2D eigenvalue weighted by Gasteiger charge is -2.07. The van der Waals surface area contributed by atoms with E-state index in [9.17, 15) is 9.59 Å². The summed E-state index contributed by atoms with van der Waals surface area (Å²) >= 11 is 0. The number of hydrazine groups is 1. The molecule has 2 rings (SSSR count). The summed E-state index contributed by atoms with van der Waals surface area (Å²) in [5.41, 5.74) is 7.28. The number of H-pyrrole nitrogens is 1. The Hall–Kier alpha value is -2.30. The van der Waals surface area contributed by atoms with Crippen LogP contribution in [0.15, 0.2) is 24.3 Å². The zero-order chi connectivity index (χ0) is 14.7. The molecule has 2 aromatic rings. The van der Waals surface area contributed by atoms with E-state index in [-0.39, 0.29) is 17.7 Å². The van der Waals surface area contributed by atoms with Crippen molar-refractivity contribution in [3.05, 3.63) is 35.5 Å². The maximum Gasteiger partial charge on any atom is 0.286 e. The van der Waals surface area contributed by atoms with E-state index < -0.39 is 0 Å². The first-order valence-electron chi connectivity index (χ1n) is 6.64. The maximum absolute atomic E-state index is 11.9. The van der Waals surface area contributed by atoms with Crippen molar-refractivity contribution in [3.63, 3.8) is 0 Å². The number of rotatable bonds is 3. The van der Waals surface area contributed by atoms with Gasteiger partial charge in [0.05, 0.1) is 0 Å². The summed E-state index contributed by atoms with van der Waals surface area (Å²) in [6, 6.07) is 7.68. The number of nitrogens with one attached hydrogen (secondary N) is 3. The second kappa shape index (κ2) is 5.77. The van der Waals surface area contributed by atoms with Gasteiger partial charge < -0.3 is 4.98 Å². The minimum atomic E-state index is -0.351. The Kier molecular flexibility index (Phi) is 4.08. The van der Waals surface area contributed by atoms with Gasteiger partial charge in [0.2, 0.25) is 5.91 Å². The van der Waals surface area contributed by atoms with E-state index in [1.807, 2.05) is 39.0 Å². The molecule has 0 radical (unpaired) electrons. The molecular formula is C15H19N3O2. The fourth-order valence-electron chi connectivity index (χ4n) is 1.99. The molecule has 20 heavy (non-hydrogen) atoms. The molecule has 5 heteroatoms. The predicted molar refractivity (Wildman–Crippen MR) is 78.1 cm³/mol. The lowest BCUT2D eigenvalue weighted by atomic mass is 10.1. The van der Waals surface area contributed by atoms with Gasteiger partial charge in [0.1, 0.15) is 5.69 Å². The summed E-state index contributed by atoms with van der Waals surface area (Å²) < 4.78 is 0. The second-order valence-electron chi connectivity index (χ2n) is 5.37. The van der Waals surface area contributed by atoms with E-state index in [1.165, 1.54) is 0 Å². The summed E-state index contributed by atoms with van der Waals surface area (Å²) in [5.74, 6) is -0.292. The Balaban J connectivity index is 2.02. The molecule has 0 fully saturated rings. The largest absolute Gasteiger partial charge is 0.350 e. The molecule has 0 aliphatic heterocycles. The van der Waals surface area contributed by atoms with Crippen LogP contribution in [0.1, 0.15) is 36.3 Å². The molecule has 0 bridgehead atoms. The van der Waals surface area contributed by atoms with Crippen molar-refractivity contribution in [1.29, 1.82) is 0 Å². The minimum Gasteiger partial charge on any atom is -0.350 e. The van der Waals surface area contributed by atoms with E-state index in [0.717, 1.165) is 16.5 Å². The number of hydrogen-bond acceptors (Lipinski definition) is 2. The van der Waals surface area contributed by atoms with Crippen molar-refractivity contribution in [2.75, 3.05) is 0 Å². The van der Waals surface area contributed by atoms with Crippen molar-refractivity contribution >= 4 is 22.7 Å². The average molecular weight is 273 g/mol. The van der Waals surface area contributed by atoms with Gasteiger partial charge in [-0.3, -0.25) is 20.4 Å². The predicted octanol–water partition coefficient (Wildman–Crippen LogP) is 2.28. The molecule has 0 atom stereocenters. The van der Waals surface area contributed by atoms with E-state index in [1.54, 1.807) is 6.07 Å². The monoisotopic (exact) mass is 273 g/mol. The number of amides is 2. The quantitative estimate of drug-likeness (QED) is 0.751. The molecule has 1 aromatic carbocycles. The Morgan fingerprint density at radius 2 is 1.95 bits per heavy atom. The van der Waals surface area contributed by atoms with E-state index in [0.29, 0.717) is 12.1 Å². The molecule has 3 N–H and O–H groups in total. The molecule has 1 heterocycles. The first-order chi connectivity index (χ1) is 9.45. The van der Waals surface area contributed by atoms with E-state index in [2.05, 4.69) is 15.8 Å². The van der Waals surface area contributed by atoms with Crippen LogP contribution >= 0.6 is 0 Å². The highest BCUT2D eigenvalue weighted by Crippen LogP contribution is 2.16. The number of aromatic nitrogens is 1. The fraction of sp³-hybridized carbons (Fsp3) is 0.333. The summed E-state index contributed by atoms with van der Waals surface area (Å²) in [5, 5.41) is 0.976. The van der Waals surface area contributed by atoms with Crippen LogP contribution < -0.4 is 10.9 Å². The highest BCUT2D eigenvalue weighted by molar-refractivity contribution is 5.98. The molecule has 0 unspecified atom stereocenters. The molecule has 0 saturated carbocycles. The summed E-state index contributed by atoms with van der Waals surface area (Å²) in [6.45, 7) is 5.89. The van der Waals surface area contributed by atoms with Crippen LogP contribution in [0, 0.1) is 12.8 Å². The number of carbonyl (C=O) groups is 2. The number of aromatic amines is 1. The van der Waals surface area contributed by atoms with Crippen LogP contribution in [0.4, 0.5) is 0 Å². The molecule has 0 aliphatic rings. The van der Waals surface area contributed by atoms with Gasteiger partial charge >= 0.3 is 0 Å². The number of carbonyl (C=O) groups excluding carboxylic acids is 2.